The number of primary amides is 1. The minimum Gasteiger partial charge on any atom is -0.368 e. The number of rotatable bonds is 9. The second-order valence-corrected chi connectivity index (χ2v) is 6.61. The third-order valence-corrected chi connectivity index (χ3v) is 4.63. The molecule has 0 saturated heterocycles. The summed E-state index contributed by atoms with van der Waals surface area (Å²) in [4.78, 5) is 21.3. The zero-order valence-electron chi connectivity index (χ0n) is 12.7. The zero-order valence-corrected chi connectivity index (χ0v) is 13.5. The van der Waals surface area contributed by atoms with Gasteiger partial charge in [-0.25, -0.2) is 8.42 Å². The highest BCUT2D eigenvalue weighted by Crippen LogP contribution is 2.17. The summed E-state index contributed by atoms with van der Waals surface area (Å²) in [5, 5.41) is 9.60. The van der Waals surface area contributed by atoms with Gasteiger partial charge in [-0.3, -0.25) is 14.8 Å². The van der Waals surface area contributed by atoms with Crippen molar-refractivity contribution in [2.75, 3.05) is 0 Å². The minimum absolute atomic E-state index is 0.271. The van der Waals surface area contributed by atoms with Gasteiger partial charge in [0, 0.05) is 0 Å². The molecule has 23 heavy (non-hydrogen) atoms. The number of hydroxylamine groups is 1. The molecule has 1 aromatic carbocycles. The maximum atomic E-state index is 12.1. The Kier molecular flexibility index (Phi) is 7.08. The molecule has 0 heterocycles. The number of carbonyl (C=O) groups is 1. The molecule has 0 bridgehead atoms. The van der Waals surface area contributed by atoms with Gasteiger partial charge >= 0.3 is 0 Å². The van der Waals surface area contributed by atoms with Crippen molar-refractivity contribution in [2.24, 2.45) is 5.73 Å². The van der Waals surface area contributed by atoms with Crippen LogP contribution in [0.25, 0.3) is 6.08 Å². The maximum Gasteiger partial charge on any atom is 0.266 e. The highest BCUT2D eigenvalue weighted by Gasteiger charge is 2.34. The Bertz CT molecular complexity index is 668. The van der Waals surface area contributed by atoms with Gasteiger partial charge in [0.2, 0.25) is 12.2 Å². The van der Waals surface area contributed by atoms with Gasteiger partial charge in [-0.05, 0) is 24.1 Å². The number of sulfonamides is 1. The predicted octanol–water partition coefficient (Wildman–Crippen LogP) is 1.23. The Morgan fingerprint density at radius 3 is 2.48 bits per heavy atom. The highest BCUT2D eigenvalue weighted by atomic mass is 32.2. The van der Waals surface area contributed by atoms with Crippen LogP contribution in [0.4, 0.5) is 0 Å². The summed E-state index contributed by atoms with van der Waals surface area (Å²) < 4.78 is 23.9. The first-order chi connectivity index (χ1) is 10.8. The van der Waals surface area contributed by atoms with E-state index in [2.05, 4.69) is 6.92 Å². The van der Waals surface area contributed by atoms with E-state index in [0.29, 0.717) is 0 Å². The molecule has 1 radical (unpaired) electrons. The van der Waals surface area contributed by atoms with Crippen LogP contribution < -0.4 is 5.73 Å². The lowest BCUT2D eigenvalue weighted by atomic mass is 10.2. The van der Waals surface area contributed by atoms with Crippen molar-refractivity contribution >= 4 is 28.3 Å². The fourth-order valence-corrected chi connectivity index (χ4v) is 2.87. The van der Waals surface area contributed by atoms with Gasteiger partial charge in [-0.15, -0.1) is 0 Å². The van der Waals surface area contributed by atoms with Crippen LogP contribution >= 0.6 is 0 Å². The van der Waals surface area contributed by atoms with Crippen molar-refractivity contribution in [2.45, 2.75) is 37.1 Å². The first kappa shape index (κ1) is 19.0. The molecule has 1 aromatic rings. The number of hydrogen-bond donors (Lipinski definition) is 2. The molecule has 1 rings (SSSR count). The number of nitrogens with two attached hydrogens (primary N) is 1. The van der Waals surface area contributed by atoms with E-state index in [9.17, 15) is 23.2 Å². The molecule has 0 fully saturated rings. The Morgan fingerprint density at radius 1 is 1.39 bits per heavy atom. The molecule has 0 aliphatic rings. The van der Waals surface area contributed by atoms with Crippen LogP contribution in [0.3, 0.4) is 0 Å². The smallest absolute Gasteiger partial charge is 0.266 e. The van der Waals surface area contributed by atoms with Crippen LogP contribution in [0.1, 0.15) is 31.7 Å². The van der Waals surface area contributed by atoms with Crippen molar-refractivity contribution in [3.05, 3.63) is 35.9 Å². The number of hydrogen-bond acceptors (Lipinski definition) is 5. The van der Waals surface area contributed by atoms with E-state index in [1.54, 1.807) is 12.1 Å². The average molecular weight is 339 g/mol. The van der Waals surface area contributed by atoms with E-state index in [4.69, 9.17) is 5.73 Å². The normalized spacial score (nSPS) is 13.3. The van der Waals surface area contributed by atoms with Crippen LogP contribution in [-0.4, -0.2) is 36.3 Å². The predicted molar refractivity (Wildman–Crippen MR) is 84.5 cm³/mol. The van der Waals surface area contributed by atoms with Crippen molar-refractivity contribution in [1.82, 2.24) is 4.47 Å². The lowest BCUT2D eigenvalue weighted by Gasteiger charge is -2.18. The number of benzene rings is 1. The molecule has 3 N–H and O–H groups in total. The van der Waals surface area contributed by atoms with E-state index in [-0.39, 0.29) is 9.36 Å². The lowest BCUT2D eigenvalue weighted by Crippen LogP contribution is -2.46. The van der Waals surface area contributed by atoms with Gasteiger partial charge < -0.3 is 5.73 Å². The molecular weight excluding hydrogens is 320 g/mol. The molecule has 0 saturated carbocycles. The summed E-state index contributed by atoms with van der Waals surface area (Å²) in [7, 11) is -4.44. The number of unbranched alkanes of at least 4 members (excludes halogenated alkanes) is 2. The second kappa shape index (κ2) is 8.56. The molecule has 0 spiro atoms. The molecule has 1 atom stereocenters. The molecule has 1 amide bonds. The first-order valence-electron chi connectivity index (χ1n) is 7.01. The summed E-state index contributed by atoms with van der Waals surface area (Å²) >= 11 is 0. The van der Waals surface area contributed by atoms with Crippen molar-refractivity contribution in [3.63, 3.8) is 0 Å². The van der Waals surface area contributed by atoms with Gasteiger partial charge in [0.05, 0.1) is 4.90 Å². The largest absolute Gasteiger partial charge is 0.368 e. The molecule has 0 aliphatic carbocycles. The summed E-state index contributed by atoms with van der Waals surface area (Å²) in [5.74, 6) is -1.32. The fraction of sp³-hybridized carbons (Fsp3) is 0.333. The molecular formula is C15H19N2O5S. The number of carbonyl (C=O) groups excluding carboxylic acids is 2. The van der Waals surface area contributed by atoms with Crippen LogP contribution in [-0.2, 0) is 19.6 Å². The Hall–Kier alpha value is -2.03. The fourth-order valence-electron chi connectivity index (χ4n) is 1.75. The quantitative estimate of drug-likeness (QED) is 0.398. The highest BCUT2D eigenvalue weighted by molar-refractivity contribution is 7.89. The maximum absolute atomic E-state index is 12.1. The van der Waals surface area contributed by atoms with Crippen molar-refractivity contribution < 1.29 is 23.2 Å². The number of allylic oxidation sites excluding steroid dienone is 1. The molecule has 8 heteroatoms. The van der Waals surface area contributed by atoms with Crippen LogP contribution in [0.5, 0.6) is 0 Å². The summed E-state index contributed by atoms with van der Waals surface area (Å²) in [5.41, 5.74) is 5.64. The van der Waals surface area contributed by atoms with Gasteiger partial charge in [-0.2, -0.15) is 0 Å². The monoisotopic (exact) mass is 339 g/mol. The average Bonchev–Trinajstić information content (AvgIpc) is 2.52. The summed E-state index contributed by atoms with van der Waals surface area (Å²) in [6.45, 7) is 2.09. The summed E-state index contributed by atoms with van der Waals surface area (Å²) in [6.07, 6.45) is 8.01. The van der Waals surface area contributed by atoms with Gasteiger partial charge in [-0.1, -0.05) is 48.5 Å². The SMILES string of the molecule is CCCCC=Cc1ccc(S(=O)(=O)N(O)[C@@H]([C]=O)C(N)=O)cc1. The molecule has 0 unspecified atom stereocenters. The van der Waals surface area contributed by atoms with Gasteiger partial charge in [0.15, 0.2) is 6.04 Å². The standard InChI is InChI=1S/C15H19N2O5S/c1-2-3-4-5-6-12-7-9-13(10-8-12)23(21,22)17(20)14(11-18)15(16)19/h5-10,14,20H,2-4H2,1H3,(H2,16,19)/t14-/m0/s1. The van der Waals surface area contributed by atoms with Gasteiger partial charge in [0.25, 0.3) is 10.0 Å². The molecule has 0 aromatic heterocycles. The third-order valence-electron chi connectivity index (χ3n) is 3.06. The molecule has 0 aliphatic heterocycles. The van der Waals surface area contributed by atoms with Gasteiger partial charge in [0.1, 0.15) is 0 Å². The van der Waals surface area contributed by atoms with E-state index >= 15 is 0 Å². The zero-order chi connectivity index (χ0) is 17.5. The second-order valence-electron chi connectivity index (χ2n) is 4.81. The van der Waals surface area contributed by atoms with Crippen LogP contribution in [0, 0.1) is 0 Å². The summed E-state index contributed by atoms with van der Waals surface area (Å²) in [6, 6.07) is 3.54. The number of nitrogens with zero attached hydrogens (tertiary/aromatic N) is 1. The molecule has 7 nitrogen and oxygen atoms in total. The van der Waals surface area contributed by atoms with Crippen LogP contribution in [0.15, 0.2) is 35.2 Å². The van der Waals surface area contributed by atoms with Crippen LogP contribution in [0.2, 0.25) is 0 Å². The Labute approximate surface area is 135 Å². The minimum atomic E-state index is -4.44. The molecule has 125 valence electrons. The van der Waals surface area contributed by atoms with E-state index in [0.717, 1.165) is 31.1 Å². The van der Waals surface area contributed by atoms with Crippen molar-refractivity contribution in [3.8, 4) is 0 Å². The first-order valence-corrected chi connectivity index (χ1v) is 8.45. The lowest BCUT2D eigenvalue weighted by molar-refractivity contribution is -0.126. The van der Waals surface area contributed by atoms with E-state index in [1.165, 1.54) is 12.1 Å². The third kappa shape index (κ3) is 4.98. The Morgan fingerprint density at radius 2 is 2.00 bits per heavy atom. The van der Waals surface area contributed by atoms with Crippen molar-refractivity contribution in [1.29, 1.82) is 0 Å². The van der Waals surface area contributed by atoms with E-state index in [1.807, 2.05) is 12.2 Å². The number of amides is 1. The topological polar surface area (TPSA) is 118 Å². The Balaban J connectivity index is 2.95. The van der Waals surface area contributed by atoms with E-state index < -0.39 is 22.0 Å².